The van der Waals surface area contributed by atoms with Crippen LogP contribution in [0.25, 0.3) is 0 Å². The van der Waals surface area contributed by atoms with E-state index in [4.69, 9.17) is 5.26 Å². The quantitative estimate of drug-likeness (QED) is 0.777. The molecule has 1 aromatic rings. The fourth-order valence-electron chi connectivity index (χ4n) is 2.01. The van der Waals surface area contributed by atoms with Crippen molar-refractivity contribution in [3.63, 3.8) is 0 Å². The molecule has 1 fully saturated rings. The van der Waals surface area contributed by atoms with Crippen LogP contribution in [0.5, 0.6) is 0 Å². The van der Waals surface area contributed by atoms with E-state index in [9.17, 15) is 18.0 Å². The highest BCUT2D eigenvalue weighted by Crippen LogP contribution is 2.36. The van der Waals surface area contributed by atoms with Gasteiger partial charge in [-0.05, 0) is 37.0 Å². The Morgan fingerprint density at radius 2 is 2.10 bits per heavy atom. The largest absolute Gasteiger partial charge is 0.416 e. The molecule has 0 N–H and O–H groups in total. The van der Waals surface area contributed by atoms with Gasteiger partial charge in [0.2, 0.25) is 0 Å². The Morgan fingerprint density at radius 1 is 1.45 bits per heavy atom. The van der Waals surface area contributed by atoms with E-state index >= 15 is 0 Å². The minimum absolute atomic E-state index is 0.00732. The number of carbonyl (C=O) groups excluding carboxylic acids is 1. The number of Topliss-reactive ketones (excluding diaryl/α,β-unsaturated/α-hetero) is 1. The van der Waals surface area contributed by atoms with Crippen molar-refractivity contribution in [1.29, 1.82) is 5.26 Å². The van der Waals surface area contributed by atoms with E-state index in [1.807, 2.05) is 0 Å². The van der Waals surface area contributed by atoms with E-state index in [2.05, 4.69) is 15.9 Å². The Hall–Kier alpha value is -1.35. The summed E-state index contributed by atoms with van der Waals surface area (Å²) in [6.45, 7) is 0. The normalized spacial score (nSPS) is 16.6. The average Bonchev–Trinajstić information content (AvgIpc) is 3.21. The first-order valence-corrected chi connectivity index (χ1v) is 7.02. The topological polar surface area (TPSA) is 40.9 Å². The molecule has 6 heteroatoms. The van der Waals surface area contributed by atoms with Crippen LogP contribution in [-0.4, -0.2) is 10.6 Å². The third-order valence-electron chi connectivity index (χ3n) is 3.23. The van der Waals surface area contributed by atoms with Gasteiger partial charge in [-0.25, -0.2) is 0 Å². The predicted octanol–water partition coefficient (Wildman–Crippen LogP) is 3.86. The number of hydrogen-bond donors (Lipinski definition) is 0. The standard InChI is InChI=1S/C14H11BrF3NO/c15-12(13(20)9-3-4-9)6-10-2-1-8(7-19)5-11(10)14(16,17)18/h1-2,5,9,12H,3-4,6H2. The van der Waals surface area contributed by atoms with E-state index in [0.717, 1.165) is 18.9 Å². The minimum Gasteiger partial charge on any atom is -0.298 e. The number of nitrogens with zero attached hydrogens (tertiary/aromatic N) is 1. The summed E-state index contributed by atoms with van der Waals surface area (Å²) in [6, 6.07) is 5.14. The number of rotatable bonds is 4. The summed E-state index contributed by atoms with van der Waals surface area (Å²) in [5.41, 5.74) is -0.849. The maximum Gasteiger partial charge on any atom is 0.416 e. The Bertz CT molecular complexity index is 573. The molecular weight excluding hydrogens is 335 g/mol. The van der Waals surface area contributed by atoms with Gasteiger partial charge in [-0.2, -0.15) is 18.4 Å². The second-order valence-electron chi connectivity index (χ2n) is 4.83. The molecule has 0 aromatic heterocycles. The number of halogens is 4. The van der Waals surface area contributed by atoms with Crippen LogP contribution in [0.4, 0.5) is 13.2 Å². The Balaban J connectivity index is 2.26. The molecule has 1 aromatic carbocycles. The third kappa shape index (κ3) is 3.40. The molecule has 0 heterocycles. The van der Waals surface area contributed by atoms with Crippen molar-refractivity contribution in [2.45, 2.75) is 30.3 Å². The van der Waals surface area contributed by atoms with Crippen LogP contribution < -0.4 is 0 Å². The number of carbonyl (C=O) groups is 1. The molecule has 1 aliphatic carbocycles. The van der Waals surface area contributed by atoms with E-state index in [1.165, 1.54) is 12.1 Å². The van der Waals surface area contributed by atoms with Gasteiger partial charge in [0.1, 0.15) is 5.78 Å². The van der Waals surface area contributed by atoms with Gasteiger partial charge in [0.05, 0.1) is 22.0 Å². The highest BCUT2D eigenvalue weighted by Gasteiger charge is 2.37. The molecular formula is C14H11BrF3NO. The lowest BCUT2D eigenvalue weighted by molar-refractivity contribution is -0.138. The number of alkyl halides is 4. The average molecular weight is 346 g/mol. The molecule has 106 valence electrons. The highest BCUT2D eigenvalue weighted by atomic mass is 79.9. The van der Waals surface area contributed by atoms with Crippen molar-refractivity contribution < 1.29 is 18.0 Å². The molecule has 0 spiro atoms. The first-order chi connectivity index (χ1) is 9.32. The fourth-order valence-corrected chi connectivity index (χ4v) is 2.73. The number of benzene rings is 1. The molecule has 2 nitrogen and oxygen atoms in total. The summed E-state index contributed by atoms with van der Waals surface area (Å²) in [5.74, 6) is -0.0467. The molecule has 1 aliphatic rings. The SMILES string of the molecule is N#Cc1ccc(CC(Br)C(=O)C2CC2)c(C(F)(F)F)c1. The smallest absolute Gasteiger partial charge is 0.298 e. The Labute approximate surface area is 122 Å². The van der Waals surface area contributed by atoms with Crippen LogP contribution in [0.2, 0.25) is 0 Å². The maximum absolute atomic E-state index is 13.0. The van der Waals surface area contributed by atoms with E-state index in [-0.39, 0.29) is 29.2 Å². The molecule has 0 saturated heterocycles. The minimum atomic E-state index is -4.53. The van der Waals surface area contributed by atoms with E-state index < -0.39 is 16.6 Å². The fraction of sp³-hybridized carbons (Fsp3) is 0.429. The van der Waals surface area contributed by atoms with Crippen LogP contribution in [0.3, 0.4) is 0 Å². The van der Waals surface area contributed by atoms with E-state index in [0.29, 0.717) is 0 Å². The molecule has 2 rings (SSSR count). The zero-order valence-corrected chi connectivity index (χ0v) is 12.0. The zero-order valence-electron chi connectivity index (χ0n) is 10.4. The van der Waals surface area contributed by atoms with Crippen molar-refractivity contribution in [2.75, 3.05) is 0 Å². The maximum atomic E-state index is 13.0. The van der Waals surface area contributed by atoms with Crippen molar-refractivity contribution in [2.24, 2.45) is 5.92 Å². The van der Waals surface area contributed by atoms with Crippen LogP contribution in [0.1, 0.15) is 29.5 Å². The molecule has 1 atom stereocenters. The summed E-state index contributed by atoms with van der Waals surface area (Å²) < 4.78 is 38.9. The monoisotopic (exact) mass is 345 g/mol. The van der Waals surface area contributed by atoms with Crippen LogP contribution in [0.15, 0.2) is 18.2 Å². The first-order valence-electron chi connectivity index (χ1n) is 6.11. The van der Waals surface area contributed by atoms with Gasteiger partial charge >= 0.3 is 6.18 Å². The van der Waals surface area contributed by atoms with Crippen LogP contribution in [-0.2, 0) is 17.4 Å². The molecule has 0 amide bonds. The number of hydrogen-bond acceptors (Lipinski definition) is 2. The lowest BCUT2D eigenvalue weighted by Crippen LogP contribution is -2.20. The third-order valence-corrected chi connectivity index (χ3v) is 4.01. The van der Waals surface area contributed by atoms with Gasteiger partial charge in [-0.15, -0.1) is 0 Å². The second-order valence-corrected chi connectivity index (χ2v) is 5.94. The molecule has 1 unspecified atom stereocenters. The Kier molecular flexibility index (Phi) is 4.19. The van der Waals surface area contributed by atoms with Crippen molar-refractivity contribution in [3.05, 3.63) is 34.9 Å². The first kappa shape index (κ1) is 15.0. The van der Waals surface area contributed by atoms with Gasteiger partial charge in [0.25, 0.3) is 0 Å². The summed E-state index contributed by atoms with van der Waals surface area (Å²) in [4.78, 5) is 11.2. The second kappa shape index (κ2) is 5.57. The molecule has 0 bridgehead atoms. The molecule has 0 radical (unpaired) electrons. The van der Waals surface area contributed by atoms with Gasteiger partial charge in [-0.1, -0.05) is 22.0 Å². The number of ketones is 1. The number of nitriles is 1. The van der Waals surface area contributed by atoms with Crippen LogP contribution in [0, 0.1) is 17.2 Å². The van der Waals surface area contributed by atoms with Crippen LogP contribution >= 0.6 is 15.9 Å². The van der Waals surface area contributed by atoms with Crippen molar-refractivity contribution >= 4 is 21.7 Å². The van der Waals surface area contributed by atoms with Crippen molar-refractivity contribution in [1.82, 2.24) is 0 Å². The van der Waals surface area contributed by atoms with Gasteiger partial charge < -0.3 is 0 Å². The lowest BCUT2D eigenvalue weighted by Gasteiger charge is -2.15. The highest BCUT2D eigenvalue weighted by molar-refractivity contribution is 9.10. The van der Waals surface area contributed by atoms with Gasteiger partial charge in [-0.3, -0.25) is 4.79 Å². The zero-order chi connectivity index (χ0) is 14.9. The summed E-state index contributed by atoms with van der Waals surface area (Å²) >= 11 is 3.18. The van der Waals surface area contributed by atoms with Gasteiger partial charge in [0, 0.05) is 5.92 Å². The molecule has 0 aliphatic heterocycles. The van der Waals surface area contributed by atoms with E-state index in [1.54, 1.807) is 6.07 Å². The molecule has 1 saturated carbocycles. The van der Waals surface area contributed by atoms with Crippen molar-refractivity contribution in [3.8, 4) is 6.07 Å². The molecule has 20 heavy (non-hydrogen) atoms. The predicted molar refractivity (Wildman–Crippen MR) is 70.3 cm³/mol. The summed E-state index contributed by atoms with van der Waals surface area (Å²) in [5, 5.41) is 8.69. The summed E-state index contributed by atoms with van der Waals surface area (Å²) in [7, 11) is 0. The lowest BCUT2D eigenvalue weighted by atomic mass is 9.98. The Morgan fingerprint density at radius 3 is 2.60 bits per heavy atom. The summed E-state index contributed by atoms with van der Waals surface area (Å²) in [6.07, 6.45) is -2.91. The van der Waals surface area contributed by atoms with Gasteiger partial charge in [0.15, 0.2) is 0 Å².